The maximum atomic E-state index is 4.39. The van der Waals surface area contributed by atoms with Crippen LogP contribution < -0.4 is 10.4 Å². The van der Waals surface area contributed by atoms with E-state index >= 15 is 0 Å². The third-order valence-electron chi connectivity index (χ3n) is 2.98. The van der Waals surface area contributed by atoms with E-state index in [1.807, 2.05) is 31.5 Å². The first-order valence-corrected chi connectivity index (χ1v) is 5.32. The molecular formula is C14H12N2. The van der Waals surface area contributed by atoms with Crippen molar-refractivity contribution in [1.82, 2.24) is 9.38 Å². The fourth-order valence-electron chi connectivity index (χ4n) is 2.22. The van der Waals surface area contributed by atoms with Gasteiger partial charge in [-0.1, -0.05) is 30.9 Å². The Kier molecular flexibility index (Phi) is 1.83. The van der Waals surface area contributed by atoms with Crippen LogP contribution in [-0.4, -0.2) is 9.38 Å². The summed E-state index contributed by atoms with van der Waals surface area (Å²) in [6, 6.07) is 8.28. The Morgan fingerprint density at radius 1 is 1.31 bits per heavy atom. The predicted octanol–water partition coefficient (Wildman–Crippen LogP) is 1.70. The fourth-order valence-corrected chi connectivity index (χ4v) is 2.22. The van der Waals surface area contributed by atoms with Crippen LogP contribution >= 0.6 is 0 Å². The van der Waals surface area contributed by atoms with E-state index in [9.17, 15) is 0 Å². The average molecular weight is 208 g/mol. The zero-order chi connectivity index (χ0) is 11.1. The van der Waals surface area contributed by atoms with E-state index in [0.29, 0.717) is 0 Å². The van der Waals surface area contributed by atoms with Crippen molar-refractivity contribution in [3.63, 3.8) is 0 Å². The van der Waals surface area contributed by atoms with Crippen LogP contribution in [0.3, 0.4) is 0 Å². The van der Waals surface area contributed by atoms with Crippen molar-refractivity contribution in [1.29, 1.82) is 0 Å². The van der Waals surface area contributed by atoms with Gasteiger partial charge in [-0.25, -0.2) is 4.98 Å². The Balaban J connectivity index is 2.82. The lowest BCUT2D eigenvalue weighted by Gasteiger charge is -2.03. The Morgan fingerprint density at radius 3 is 2.94 bits per heavy atom. The highest BCUT2D eigenvalue weighted by Crippen LogP contribution is 2.09. The van der Waals surface area contributed by atoms with Gasteiger partial charge < -0.3 is 0 Å². The van der Waals surface area contributed by atoms with Crippen LogP contribution in [0.25, 0.3) is 29.2 Å². The molecule has 0 N–H and O–H groups in total. The molecule has 0 saturated heterocycles. The van der Waals surface area contributed by atoms with Gasteiger partial charge in [0.15, 0.2) is 0 Å². The average Bonchev–Trinajstić information content (AvgIpc) is 2.79. The highest BCUT2D eigenvalue weighted by Gasteiger charge is 2.03. The smallest absolute Gasteiger partial charge is 0.144 e. The molecule has 1 aromatic carbocycles. The summed E-state index contributed by atoms with van der Waals surface area (Å²) >= 11 is 0. The van der Waals surface area contributed by atoms with Gasteiger partial charge >= 0.3 is 0 Å². The minimum Gasteiger partial charge on any atom is -0.299 e. The summed E-state index contributed by atoms with van der Waals surface area (Å²) < 4.78 is 2.11. The van der Waals surface area contributed by atoms with Gasteiger partial charge in [0, 0.05) is 23.0 Å². The summed E-state index contributed by atoms with van der Waals surface area (Å²) in [6.07, 6.45) is 5.88. The topological polar surface area (TPSA) is 17.3 Å². The number of para-hydroxylation sites is 1. The molecule has 0 aliphatic carbocycles. The minimum atomic E-state index is 0.978. The maximum Gasteiger partial charge on any atom is 0.144 e. The summed E-state index contributed by atoms with van der Waals surface area (Å²) in [4.78, 5) is 4.39. The van der Waals surface area contributed by atoms with Gasteiger partial charge in [0.05, 0.1) is 5.52 Å². The van der Waals surface area contributed by atoms with Crippen molar-refractivity contribution in [2.75, 3.05) is 0 Å². The van der Waals surface area contributed by atoms with Gasteiger partial charge in [0.1, 0.15) is 5.65 Å². The number of hydrogen-bond donors (Lipinski definition) is 0. The van der Waals surface area contributed by atoms with Gasteiger partial charge in [0.2, 0.25) is 0 Å². The van der Waals surface area contributed by atoms with E-state index in [4.69, 9.17) is 0 Å². The maximum absolute atomic E-state index is 4.39. The number of nitrogens with zero attached hydrogens (tertiary/aromatic N) is 2. The van der Waals surface area contributed by atoms with Crippen molar-refractivity contribution in [2.45, 2.75) is 6.92 Å². The van der Waals surface area contributed by atoms with Crippen molar-refractivity contribution in [2.24, 2.45) is 0 Å². The standard InChI is InChI=1S/C14H12N2/c1-3-11-10(2)12-6-4-5-7-13(12)16-9-8-15-14(11)16/h3-9H,2H2,1H3/b11-3+. The molecule has 2 aromatic heterocycles. The Bertz CT molecular complexity index is 781. The first-order chi connectivity index (χ1) is 7.83. The summed E-state index contributed by atoms with van der Waals surface area (Å²) in [5, 5.41) is 3.35. The number of benzene rings is 1. The Labute approximate surface area is 93.2 Å². The second-order valence-electron chi connectivity index (χ2n) is 3.82. The SMILES string of the molecule is C=c1/c(=C\C)c2nccn2c2ccccc12. The molecule has 2 heterocycles. The number of hydrogen-bond acceptors (Lipinski definition) is 1. The summed E-state index contributed by atoms with van der Waals surface area (Å²) in [5.74, 6) is 0. The first kappa shape index (κ1) is 9.16. The zero-order valence-corrected chi connectivity index (χ0v) is 9.14. The number of aromatic nitrogens is 2. The van der Waals surface area contributed by atoms with Gasteiger partial charge in [-0.05, 0) is 18.2 Å². The second kappa shape index (κ2) is 3.20. The lowest BCUT2D eigenvalue weighted by molar-refractivity contribution is 1.23. The Hall–Kier alpha value is -2.09. The van der Waals surface area contributed by atoms with Crippen LogP contribution in [0.15, 0.2) is 36.7 Å². The monoisotopic (exact) mass is 208 g/mol. The van der Waals surface area contributed by atoms with Crippen LogP contribution in [0.1, 0.15) is 6.92 Å². The van der Waals surface area contributed by atoms with E-state index in [1.165, 1.54) is 5.39 Å². The molecule has 2 heteroatoms. The third-order valence-corrected chi connectivity index (χ3v) is 2.98. The summed E-state index contributed by atoms with van der Waals surface area (Å²) in [6.45, 7) is 6.19. The van der Waals surface area contributed by atoms with E-state index in [2.05, 4.69) is 34.2 Å². The molecule has 0 atom stereocenters. The third kappa shape index (κ3) is 1.04. The van der Waals surface area contributed by atoms with Crippen molar-refractivity contribution in [3.8, 4) is 0 Å². The molecule has 0 aliphatic rings. The van der Waals surface area contributed by atoms with E-state index in [0.717, 1.165) is 21.6 Å². The van der Waals surface area contributed by atoms with Crippen molar-refractivity contribution in [3.05, 3.63) is 47.1 Å². The molecule has 0 spiro atoms. The molecule has 2 nitrogen and oxygen atoms in total. The van der Waals surface area contributed by atoms with Crippen LogP contribution in [0.4, 0.5) is 0 Å². The highest BCUT2D eigenvalue weighted by atomic mass is 15.0. The highest BCUT2D eigenvalue weighted by molar-refractivity contribution is 5.83. The molecule has 0 radical (unpaired) electrons. The van der Waals surface area contributed by atoms with Gasteiger partial charge in [0.25, 0.3) is 0 Å². The summed E-state index contributed by atoms with van der Waals surface area (Å²) in [7, 11) is 0. The molecule has 0 saturated carbocycles. The predicted molar refractivity (Wildman–Crippen MR) is 67.6 cm³/mol. The van der Waals surface area contributed by atoms with Crippen LogP contribution in [0.5, 0.6) is 0 Å². The van der Waals surface area contributed by atoms with E-state index in [-0.39, 0.29) is 0 Å². The number of rotatable bonds is 0. The molecule has 0 fully saturated rings. The normalized spacial score (nSPS) is 12.7. The lowest BCUT2D eigenvalue weighted by atomic mass is 10.1. The van der Waals surface area contributed by atoms with Crippen molar-refractivity contribution >= 4 is 29.2 Å². The van der Waals surface area contributed by atoms with Gasteiger partial charge in [-0.3, -0.25) is 4.40 Å². The number of imidazole rings is 1. The quantitative estimate of drug-likeness (QED) is 0.549. The van der Waals surface area contributed by atoms with E-state index < -0.39 is 0 Å². The Morgan fingerprint density at radius 2 is 2.12 bits per heavy atom. The lowest BCUT2D eigenvalue weighted by Crippen LogP contribution is -2.26. The van der Waals surface area contributed by atoms with Gasteiger partial charge in [-0.15, -0.1) is 0 Å². The summed E-state index contributed by atoms with van der Waals surface area (Å²) in [5.41, 5.74) is 2.14. The molecule has 0 unspecified atom stereocenters. The molecule has 78 valence electrons. The molecule has 16 heavy (non-hydrogen) atoms. The number of fused-ring (bicyclic) bond motifs is 3. The molecule has 3 rings (SSSR count). The largest absolute Gasteiger partial charge is 0.299 e. The molecular weight excluding hydrogens is 196 g/mol. The molecule has 0 amide bonds. The molecule has 3 aromatic rings. The van der Waals surface area contributed by atoms with Crippen molar-refractivity contribution < 1.29 is 0 Å². The van der Waals surface area contributed by atoms with Crippen LogP contribution in [-0.2, 0) is 0 Å². The van der Waals surface area contributed by atoms with E-state index in [1.54, 1.807) is 0 Å². The minimum absolute atomic E-state index is 0.978. The first-order valence-electron chi connectivity index (χ1n) is 5.32. The van der Waals surface area contributed by atoms with Crippen LogP contribution in [0.2, 0.25) is 0 Å². The number of pyridine rings is 1. The van der Waals surface area contributed by atoms with Gasteiger partial charge in [-0.2, -0.15) is 0 Å². The molecule has 0 bridgehead atoms. The second-order valence-corrected chi connectivity index (χ2v) is 3.82. The molecule has 0 aliphatic heterocycles. The van der Waals surface area contributed by atoms with Crippen LogP contribution in [0, 0.1) is 0 Å². The zero-order valence-electron chi connectivity index (χ0n) is 9.14. The fraction of sp³-hybridized carbons (Fsp3) is 0.0714.